The summed E-state index contributed by atoms with van der Waals surface area (Å²) in [7, 11) is 1.73. The van der Waals surface area contributed by atoms with Crippen molar-refractivity contribution < 1.29 is 9.47 Å². The summed E-state index contributed by atoms with van der Waals surface area (Å²) in [5.41, 5.74) is 1.93. The average Bonchev–Trinajstić information content (AvgIpc) is 2.98. The quantitative estimate of drug-likeness (QED) is 0.782. The summed E-state index contributed by atoms with van der Waals surface area (Å²) in [6, 6.07) is 10.4. The molecule has 0 aromatic heterocycles. The highest BCUT2D eigenvalue weighted by Gasteiger charge is 2.22. The predicted octanol–water partition coefficient (Wildman–Crippen LogP) is 1.80. The number of ether oxygens (including phenoxy) is 2. The van der Waals surface area contributed by atoms with E-state index >= 15 is 0 Å². The Balaban J connectivity index is 1.99. The number of nitriles is 1. The molecule has 4 heteroatoms. The maximum absolute atomic E-state index is 8.81. The van der Waals surface area contributed by atoms with Gasteiger partial charge in [-0.05, 0) is 24.1 Å². The molecule has 2 rings (SSSR count). The zero-order chi connectivity index (χ0) is 13.5. The molecule has 1 aliphatic heterocycles. The van der Waals surface area contributed by atoms with Crippen LogP contribution in [0.4, 0.5) is 0 Å². The van der Waals surface area contributed by atoms with Gasteiger partial charge in [0.15, 0.2) is 0 Å². The number of hydrogen-bond donors (Lipinski definition) is 0. The van der Waals surface area contributed by atoms with Gasteiger partial charge in [0.05, 0.1) is 24.8 Å². The van der Waals surface area contributed by atoms with E-state index in [2.05, 4.69) is 11.0 Å². The summed E-state index contributed by atoms with van der Waals surface area (Å²) in [5, 5.41) is 8.81. The third kappa shape index (κ3) is 4.03. The first-order chi connectivity index (χ1) is 9.33. The fourth-order valence-corrected chi connectivity index (χ4v) is 2.33. The minimum absolute atomic E-state index is 0.478. The molecule has 1 atom stereocenters. The Labute approximate surface area is 114 Å². The summed E-state index contributed by atoms with van der Waals surface area (Å²) < 4.78 is 10.6. The van der Waals surface area contributed by atoms with E-state index in [1.807, 2.05) is 24.3 Å². The van der Waals surface area contributed by atoms with Crippen LogP contribution in [0.5, 0.6) is 0 Å². The van der Waals surface area contributed by atoms with Gasteiger partial charge in [-0.2, -0.15) is 5.26 Å². The van der Waals surface area contributed by atoms with Gasteiger partial charge < -0.3 is 9.47 Å². The third-order valence-electron chi connectivity index (χ3n) is 3.47. The van der Waals surface area contributed by atoms with Gasteiger partial charge in [0, 0.05) is 32.8 Å². The summed E-state index contributed by atoms with van der Waals surface area (Å²) in [5.74, 6) is 0. The molecule has 0 spiro atoms. The summed E-state index contributed by atoms with van der Waals surface area (Å²) in [4.78, 5) is 2.40. The summed E-state index contributed by atoms with van der Waals surface area (Å²) in [6.07, 6.45) is 1.08. The molecule has 0 unspecified atom stereocenters. The van der Waals surface area contributed by atoms with Crippen LogP contribution in [-0.4, -0.2) is 44.4 Å². The Morgan fingerprint density at radius 1 is 1.42 bits per heavy atom. The van der Waals surface area contributed by atoms with Crippen LogP contribution in [0, 0.1) is 11.3 Å². The van der Waals surface area contributed by atoms with E-state index in [-0.39, 0.29) is 0 Å². The van der Waals surface area contributed by atoms with Crippen molar-refractivity contribution in [1.82, 2.24) is 4.90 Å². The first-order valence-corrected chi connectivity index (χ1v) is 6.63. The molecule has 19 heavy (non-hydrogen) atoms. The Bertz CT molecular complexity index is 419. The van der Waals surface area contributed by atoms with Crippen LogP contribution in [0.25, 0.3) is 0 Å². The molecule has 1 fully saturated rings. The molecule has 0 radical (unpaired) electrons. The number of benzene rings is 1. The molecule has 1 aliphatic rings. The molecular formula is C15H20N2O2. The standard InChI is InChI=1S/C15H20N2O2/c1-18-9-7-17(15-6-8-19-12-15)11-14-4-2-13(10-16)3-5-14/h2-5,15H,6-9,11-12H2,1H3/t15-/m1/s1. The molecule has 0 amide bonds. The van der Waals surface area contributed by atoms with Crippen molar-refractivity contribution in [3.05, 3.63) is 35.4 Å². The van der Waals surface area contributed by atoms with Gasteiger partial charge in [-0.1, -0.05) is 12.1 Å². The highest BCUT2D eigenvalue weighted by atomic mass is 16.5. The summed E-state index contributed by atoms with van der Waals surface area (Å²) >= 11 is 0. The molecule has 1 aromatic carbocycles. The SMILES string of the molecule is COCCN(Cc1ccc(C#N)cc1)[C@@H]1CCOC1. The maximum Gasteiger partial charge on any atom is 0.0991 e. The second kappa shape index (κ2) is 7.25. The lowest BCUT2D eigenvalue weighted by molar-refractivity contribution is 0.100. The second-order valence-electron chi connectivity index (χ2n) is 4.79. The minimum Gasteiger partial charge on any atom is -0.383 e. The second-order valence-corrected chi connectivity index (χ2v) is 4.79. The summed E-state index contributed by atoms with van der Waals surface area (Å²) in [6.45, 7) is 4.17. The van der Waals surface area contributed by atoms with Gasteiger partial charge in [0.1, 0.15) is 0 Å². The third-order valence-corrected chi connectivity index (χ3v) is 3.47. The number of rotatable bonds is 6. The van der Waals surface area contributed by atoms with Crippen LogP contribution in [0.2, 0.25) is 0 Å². The monoisotopic (exact) mass is 260 g/mol. The van der Waals surface area contributed by atoms with E-state index in [4.69, 9.17) is 14.7 Å². The van der Waals surface area contributed by atoms with Crippen LogP contribution in [0.1, 0.15) is 17.5 Å². The molecule has 1 heterocycles. The largest absolute Gasteiger partial charge is 0.383 e. The number of methoxy groups -OCH3 is 1. The zero-order valence-electron chi connectivity index (χ0n) is 11.3. The Hall–Kier alpha value is -1.41. The first kappa shape index (κ1) is 14.0. The Kier molecular flexibility index (Phi) is 5.34. The van der Waals surface area contributed by atoms with E-state index in [9.17, 15) is 0 Å². The van der Waals surface area contributed by atoms with Crippen molar-refractivity contribution in [2.24, 2.45) is 0 Å². The fraction of sp³-hybridized carbons (Fsp3) is 0.533. The fourth-order valence-electron chi connectivity index (χ4n) is 2.33. The van der Waals surface area contributed by atoms with Gasteiger partial charge in [0.25, 0.3) is 0 Å². The molecule has 0 saturated carbocycles. The van der Waals surface area contributed by atoms with Crippen molar-refractivity contribution >= 4 is 0 Å². The zero-order valence-corrected chi connectivity index (χ0v) is 11.3. The lowest BCUT2D eigenvalue weighted by Gasteiger charge is -2.27. The highest BCUT2D eigenvalue weighted by molar-refractivity contribution is 5.31. The average molecular weight is 260 g/mol. The van der Waals surface area contributed by atoms with E-state index in [0.29, 0.717) is 11.6 Å². The normalized spacial score (nSPS) is 18.7. The van der Waals surface area contributed by atoms with Crippen molar-refractivity contribution in [1.29, 1.82) is 5.26 Å². The first-order valence-electron chi connectivity index (χ1n) is 6.63. The molecule has 0 bridgehead atoms. The van der Waals surface area contributed by atoms with Crippen LogP contribution in [-0.2, 0) is 16.0 Å². The Morgan fingerprint density at radius 2 is 2.21 bits per heavy atom. The molecule has 0 N–H and O–H groups in total. The molecule has 1 saturated heterocycles. The topological polar surface area (TPSA) is 45.5 Å². The minimum atomic E-state index is 0.478. The lowest BCUT2D eigenvalue weighted by atomic mass is 10.1. The van der Waals surface area contributed by atoms with Gasteiger partial charge in [-0.15, -0.1) is 0 Å². The Morgan fingerprint density at radius 3 is 2.79 bits per heavy atom. The lowest BCUT2D eigenvalue weighted by Crippen LogP contribution is -2.37. The molecule has 0 aliphatic carbocycles. The van der Waals surface area contributed by atoms with Crippen molar-refractivity contribution in [2.45, 2.75) is 19.0 Å². The van der Waals surface area contributed by atoms with Gasteiger partial charge >= 0.3 is 0 Å². The van der Waals surface area contributed by atoms with Crippen molar-refractivity contribution in [3.63, 3.8) is 0 Å². The van der Waals surface area contributed by atoms with Crippen molar-refractivity contribution in [2.75, 3.05) is 33.5 Å². The van der Waals surface area contributed by atoms with Gasteiger partial charge in [-0.25, -0.2) is 0 Å². The van der Waals surface area contributed by atoms with Crippen molar-refractivity contribution in [3.8, 4) is 6.07 Å². The molecule has 1 aromatic rings. The molecule has 4 nitrogen and oxygen atoms in total. The van der Waals surface area contributed by atoms with Crippen LogP contribution in [0.15, 0.2) is 24.3 Å². The molecular weight excluding hydrogens is 240 g/mol. The number of nitrogens with zero attached hydrogens (tertiary/aromatic N) is 2. The van der Waals surface area contributed by atoms with E-state index < -0.39 is 0 Å². The van der Waals surface area contributed by atoms with E-state index in [1.165, 1.54) is 5.56 Å². The van der Waals surface area contributed by atoms with Crippen LogP contribution >= 0.6 is 0 Å². The predicted molar refractivity (Wildman–Crippen MR) is 72.7 cm³/mol. The van der Waals surface area contributed by atoms with Crippen LogP contribution < -0.4 is 0 Å². The smallest absolute Gasteiger partial charge is 0.0991 e. The highest BCUT2D eigenvalue weighted by Crippen LogP contribution is 2.16. The molecule has 102 valence electrons. The number of hydrogen-bond acceptors (Lipinski definition) is 4. The van der Waals surface area contributed by atoms with Gasteiger partial charge in [-0.3, -0.25) is 4.90 Å². The van der Waals surface area contributed by atoms with E-state index in [1.54, 1.807) is 7.11 Å². The van der Waals surface area contributed by atoms with Crippen LogP contribution in [0.3, 0.4) is 0 Å². The van der Waals surface area contributed by atoms with E-state index in [0.717, 1.165) is 39.3 Å². The maximum atomic E-state index is 8.81. The van der Waals surface area contributed by atoms with Gasteiger partial charge in [0.2, 0.25) is 0 Å².